The van der Waals surface area contributed by atoms with Crippen molar-refractivity contribution in [3.63, 3.8) is 0 Å². The van der Waals surface area contributed by atoms with Crippen LogP contribution in [0.25, 0.3) is 5.57 Å². The van der Waals surface area contributed by atoms with Gasteiger partial charge in [0.2, 0.25) is 5.60 Å². The molecule has 0 fully saturated rings. The van der Waals surface area contributed by atoms with E-state index in [0.29, 0.717) is 22.7 Å². The average molecular weight is 326 g/mol. The fraction of sp³-hybridized carbons (Fsp3) is 0.111. The van der Waals surface area contributed by atoms with Gasteiger partial charge >= 0.3 is 5.97 Å². The highest BCUT2D eigenvalue weighted by Crippen LogP contribution is 2.47. The van der Waals surface area contributed by atoms with Crippen molar-refractivity contribution in [1.29, 1.82) is 0 Å². The van der Waals surface area contributed by atoms with Gasteiger partial charge in [-0.3, -0.25) is 4.79 Å². The molecular weight excluding hydrogens is 314 g/mol. The fourth-order valence-electron chi connectivity index (χ4n) is 3.13. The number of esters is 1. The van der Waals surface area contributed by atoms with Crippen LogP contribution in [-0.2, 0) is 19.9 Å². The molecule has 0 bridgehead atoms. The van der Waals surface area contributed by atoms with Gasteiger partial charge in [-0.05, 0) is 23.3 Å². The Hall–Kier alpha value is -2.59. The first-order chi connectivity index (χ1) is 11.1. The van der Waals surface area contributed by atoms with Crippen LogP contribution in [0.3, 0.4) is 0 Å². The second kappa shape index (κ2) is 4.96. The number of benzene rings is 2. The largest absolute Gasteiger partial charge is 0.440 e. The topological polar surface area (TPSA) is 55.4 Å². The highest BCUT2D eigenvalue weighted by atomic mass is 35.5. The van der Waals surface area contributed by atoms with E-state index in [4.69, 9.17) is 16.3 Å². The maximum atomic E-state index is 12.6. The molecule has 2 aliphatic rings. The number of anilines is 1. The first-order valence-electron chi connectivity index (χ1n) is 7.19. The summed E-state index contributed by atoms with van der Waals surface area (Å²) in [6.45, 7) is 0. The van der Waals surface area contributed by atoms with E-state index in [-0.39, 0.29) is 5.91 Å². The zero-order valence-corrected chi connectivity index (χ0v) is 12.8. The van der Waals surface area contributed by atoms with Gasteiger partial charge in [-0.1, -0.05) is 48.0 Å². The third-order valence-corrected chi connectivity index (χ3v) is 4.42. The first kappa shape index (κ1) is 14.0. The molecule has 2 heterocycles. The maximum Gasteiger partial charge on any atom is 0.332 e. The van der Waals surface area contributed by atoms with E-state index in [0.717, 1.165) is 11.1 Å². The molecule has 0 radical (unpaired) electrons. The van der Waals surface area contributed by atoms with Crippen LogP contribution in [0.1, 0.15) is 17.5 Å². The summed E-state index contributed by atoms with van der Waals surface area (Å²) in [5.74, 6) is -0.863. The zero-order valence-electron chi connectivity index (χ0n) is 12.0. The van der Waals surface area contributed by atoms with Gasteiger partial charge in [0.05, 0.1) is 5.69 Å². The molecule has 5 heteroatoms. The molecule has 23 heavy (non-hydrogen) atoms. The van der Waals surface area contributed by atoms with Gasteiger partial charge in [-0.25, -0.2) is 4.79 Å². The van der Waals surface area contributed by atoms with Crippen molar-refractivity contribution in [3.05, 3.63) is 70.8 Å². The molecule has 2 aromatic carbocycles. The predicted molar refractivity (Wildman–Crippen MR) is 86.9 cm³/mol. The lowest BCUT2D eigenvalue weighted by Crippen LogP contribution is -2.41. The molecule has 1 N–H and O–H groups in total. The van der Waals surface area contributed by atoms with Gasteiger partial charge in [0.1, 0.15) is 0 Å². The third kappa shape index (κ3) is 2.14. The number of nitrogens with one attached hydrogen (secondary N) is 1. The first-order valence-corrected chi connectivity index (χ1v) is 7.57. The molecule has 114 valence electrons. The Morgan fingerprint density at radius 2 is 1.87 bits per heavy atom. The highest BCUT2D eigenvalue weighted by molar-refractivity contribution is 6.31. The van der Waals surface area contributed by atoms with E-state index in [1.807, 2.05) is 30.3 Å². The van der Waals surface area contributed by atoms with Gasteiger partial charge in [0.15, 0.2) is 0 Å². The molecule has 0 saturated heterocycles. The normalized spacial score (nSPS) is 22.4. The number of carbonyl (C=O) groups is 2. The van der Waals surface area contributed by atoms with Crippen LogP contribution in [0.5, 0.6) is 0 Å². The summed E-state index contributed by atoms with van der Waals surface area (Å²) in [6, 6.07) is 14.6. The van der Waals surface area contributed by atoms with E-state index in [2.05, 4.69) is 5.32 Å². The number of fused-ring (bicyclic) bond motifs is 2. The fourth-order valence-corrected chi connectivity index (χ4v) is 3.30. The Morgan fingerprint density at radius 1 is 1.09 bits per heavy atom. The maximum absolute atomic E-state index is 12.6. The van der Waals surface area contributed by atoms with Crippen molar-refractivity contribution in [2.45, 2.75) is 12.0 Å². The molecular formula is C18H12ClNO3. The minimum Gasteiger partial charge on any atom is -0.440 e. The van der Waals surface area contributed by atoms with Crippen molar-refractivity contribution in [1.82, 2.24) is 0 Å². The standard InChI is InChI=1S/C18H12ClNO3/c19-13-6-7-14-15(9-13)20-17(22)18(14)10-12(8-16(21)23-18)11-4-2-1-3-5-11/h1-9H,10H2,(H,20,22)/t18-/m0/s1. The van der Waals surface area contributed by atoms with Crippen LogP contribution in [0, 0.1) is 0 Å². The van der Waals surface area contributed by atoms with Crippen LogP contribution < -0.4 is 5.32 Å². The van der Waals surface area contributed by atoms with E-state index in [1.54, 1.807) is 18.2 Å². The number of hydrogen-bond donors (Lipinski definition) is 1. The molecule has 4 nitrogen and oxygen atoms in total. The highest BCUT2D eigenvalue weighted by Gasteiger charge is 2.52. The van der Waals surface area contributed by atoms with Crippen LogP contribution in [0.4, 0.5) is 5.69 Å². The average Bonchev–Trinajstić information content (AvgIpc) is 2.78. The number of rotatable bonds is 1. The molecule has 1 atom stereocenters. The van der Waals surface area contributed by atoms with Crippen LogP contribution in [0.15, 0.2) is 54.6 Å². The van der Waals surface area contributed by atoms with E-state index in [1.165, 1.54) is 6.08 Å². The molecule has 4 rings (SSSR count). The summed E-state index contributed by atoms with van der Waals surface area (Å²) < 4.78 is 5.49. The quantitative estimate of drug-likeness (QED) is 0.816. The van der Waals surface area contributed by atoms with Crippen molar-refractivity contribution in [3.8, 4) is 0 Å². The molecule has 0 aromatic heterocycles. The summed E-state index contributed by atoms with van der Waals surface area (Å²) in [4.78, 5) is 24.7. The number of ether oxygens (including phenoxy) is 1. The minimum absolute atomic E-state index is 0.295. The van der Waals surface area contributed by atoms with Crippen molar-refractivity contribution in [2.24, 2.45) is 0 Å². The van der Waals surface area contributed by atoms with Crippen LogP contribution >= 0.6 is 11.6 Å². The van der Waals surface area contributed by atoms with E-state index in [9.17, 15) is 9.59 Å². The van der Waals surface area contributed by atoms with Crippen molar-refractivity contribution < 1.29 is 14.3 Å². The number of carbonyl (C=O) groups excluding carboxylic acids is 2. The van der Waals surface area contributed by atoms with Gasteiger partial charge in [-0.15, -0.1) is 0 Å². The van der Waals surface area contributed by atoms with Crippen LogP contribution in [-0.4, -0.2) is 11.9 Å². The predicted octanol–water partition coefficient (Wildman–Crippen LogP) is 3.52. The minimum atomic E-state index is -1.32. The van der Waals surface area contributed by atoms with Gasteiger partial charge in [0, 0.05) is 23.1 Å². The summed E-state index contributed by atoms with van der Waals surface area (Å²) in [5, 5.41) is 3.28. The summed E-state index contributed by atoms with van der Waals surface area (Å²) in [6.07, 6.45) is 1.74. The number of halogens is 1. The Bertz CT molecular complexity index is 860. The smallest absolute Gasteiger partial charge is 0.332 e. The lowest BCUT2D eigenvalue weighted by atomic mass is 9.84. The monoisotopic (exact) mass is 325 g/mol. The van der Waals surface area contributed by atoms with Gasteiger partial charge in [-0.2, -0.15) is 0 Å². The summed E-state index contributed by atoms with van der Waals surface area (Å²) >= 11 is 5.98. The molecule has 0 aliphatic carbocycles. The summed E-state index contributed by atoms with van der Waals surface area (Å²) in [5.41, 5.74) is 1.58. The molecule has 2 aromatic rings. The molecule has 0 saturated carbocycles. The lowest BCUT2D eigenvalue weighted by Gasteiger charge is -2.31. The molecule has 2 aliphatic heterocycles. The van der Waals surface area contributed by atoms with Gasteiger partial charge in [0.25, 0.3) is 5.91 Å². The lowest BCUT2D eigenvalue weighted by molar-refractivity contribution is -0.163. The van der Waals surface area contributed by atoms with Crippen LogP contribution in [0.2, 0.25) is 5.02 Å². The Balaban J connectivity index is 1.83. The molecule has 0 unspecified atom stereocenters. The van der Waals surface area contributed by atoms with Gasteiger partial charge < -0.3 is 10.1 Å². The molecule has 1 spiro atoms. The molecule has 1 amide bonds. The Morgan fingerprint density at radius 3 is 2.65 bits per heavy atom. The van der Waals surface area contributed by atoms with Crippen molar-refractivity contribution >= 4 is 34.7 Å². The second-order valence-electron chi connectivity index (χ2n) is 5.60. The summed E-state index contributed by atoms with van der Waals surface area (Å²) in [7, 11) is 0. The number of hydrogen-bond acceptors (Lipinski definition) is 3. The van der Waals surface area contributed by atoms with E-state index >= 15 is 0 Å². The Kier molecular flexibility index (Phi) is 3.03. The van der Waals surface area contributed by atoms with Crippen molar-refractivity contribution in [2.75, 3.05) is 5.32 Å². The third-order valence-electron chi connectivity index (χ3n) is 4.18. The zero-order chi connectivity index (χ0) is 16.0. The van der Waals surface area contributed by atoms with E-state index < -0.39 is 11.6 Å². The SMILES string of the molecule is O=C1C=C(c2ccccc2)C[C@@]2(O1)C(=O)Nc1cc(Cl)ccc12. The number of amides is 1. The Labute approximate surface area is 137 Å². The second-order valence-corrected chi connectivity index (χ2v) is 6.04.